The zero-order valence-corrected chi connectivity index (χ0v) is 13.5. The van der Waals surface area contributed by atoms with Crippen LogP contribution >= 0.6 is 0 Å². The number of hydrogen-bond acceptors (Lipinski definition) is 2. The van der Waals surface area contributed by atoms with E-state index in [2.05, 4.69) is 18.7 Å². The van der Waals surface area contributed by atoms with Crippen LogP contribution in [0.25, 0.3) is 0 Å². The van der Waals surface area contributed by atoms with Gasteiger partial charge in [0.2, 0.25) is 0 Å². The van der Waals surface area contributed by atoms with E-state index in [1.165, 1.54) is 38.5 Å². The second-order valence-electron chi connectivity index (χ2n) is 6.48. The second kappa shape index (κ2) is 9.38. The van der Waals surface area contributed by atoms with Crippen molar-refractivity contribution >= 4 is 5.97 Å². The predicted octanol–water partition coefficient (Wildman–Crippen LogP) is 4.31. The molecule has 0 heterocycles. The Labute approximate surface area is 124 Å². The molecule has 0 amide bonds. The number of hydrogen-bond donors (Lipinski definition) is 1. The fourth-order valence-electron chi connectivity index (χ4n) is 3.31. The first-order valence-corrected chi connectivity index (χ1v) is 8.60. The number of nitrogens with zero attached hydrogens (tertiary/aromatic N) is 1. The average Bonchev–Trinajstić information content (AvgIpc) is 2.68. The standard InChI is InChI=1S/C17H33NO2/c1-3-5-13-18(14-6-4-2)15-17(16(19)20)11-9-7-8-10-12-17/h3-15H2,1-2H3,(H,19,20). The molecule has 0 unspecified atom stereocenters. The molecule has 118 valence electrons. The van der Waals surface area contributed by atoms with E-state index in [0.717, 1.165) is 45.3 Å². The van der Waals surface area contributed by atoms with Gasteiger partial charge < -0.3 is 10.0 Å². The Kier molecular flexibility index (Phi) is 8.20. The molecule has 0 aliphatic heterocycles. The smallest absolute Gasteiger partial charge is 0.310 e. The van der Waals surface area contributed by atoms with Crippen molar-refractivity contribution in [2.24, 2.45) is 5.41 Å². The SMILES string of the molecule is CCCCN(CCCC)CC1(C(=O)O)CCCCCC1. The minimum absolute atomic E-state index is 0.474. The van der Waals surface area contributed by atoms with Gasteiger partial charge in [-0.3, -0.25) is 4.79 Å². The van der Waals surface area contributed by atoms with Gasteiger partial charge >= 0.3 is 5.97 Å². The molecule has 3 nitrogen and oxygen atoms in total. The van der Waals surface area contributed by atoms with Crippen molar-refractivity contribution in [1.82, 2.24) is 4.90 Å². The van der Waals surface area contributed by atoms with Gasteiger partial charge in [-0.05, 0) is 38.8 Å². The lowest BCUT2D eigenvalue weighted by Gasteiger charge is -2.34. The molecule has 1 rings (SSSR count). The number of carbonyl (C=O) groups is 1. The van der Waals surface area contributed by atoms with Crippen molar-refractivity contribution in [3.05, 3.63) is 0 Å². The number of carboxylic acid groups (broad SMARTS) is 1. The summed E-state index contributed by atoms with van der Waals surface area (Å²) in [5, 5.41) is 9.79. The van der Waals surface area contributed by atoms with E-state index in [-0.39, 0.29) is 0 Å². The summed E-state index contributed by atoms with van der Waals surface area (Å²) in [6, 6.07) is 0. The monoisotopic (exact) mass is 283 g/mol. The Morgan fingerprint density at radius 2 is 1.50 bits per heavy atom. The van der Waals surface area contributed by atoms with E-state index in [4.69, 9.17) is 0 Å². The van der Waals surface area contributed by atoms with Crippen molar-refractivity contribution in [3.63, 3.8) is 0 Å². The van der Waals surface area contributed by atoms with Crippen LogP contribution in [0.15, 0.2) is 0 Å². The Bertz CT molecular complexity index is 262. The molecular formula is C17H33NO2. The van der Waals surface area contributed by atoms with Gasteiger partial charge in [0.05, 0.1) is 5.41 Å². The predicted molar refractivity (Wildman–Crippen MR) is 84.0 cm³/mol. The molecule has 0 spiro atoms. The minimum Gasteiger partial charge on any atom is -0.481 e. The molecule has 0 radical (unpaired) electrons. The molecule has 0 aromatic heterocycles. The van der Waals surface area contributed by atoms with Crippen LogP contribution in [0.4, 0.5) is 0 Å². The minimum atomic E-state index is -0.558. The first kappa shape index (κ1) is 17.5. The van der Waals surface area contributed by atoms with Gasteiger partial charge in [0.15, 0.2) is 0 Å². The molecule has 1 aliphatic rings. The normalized spacial score (nSPS) is 18.9. The first-order valence-electron chi connectivity index (χ1n) is 8.60. The summed E-state index contributed by atoms with van der Waals surface area (Å²) in [6.45, 7) is 7.30. The zero-order valence-electron chi connectivity index (χ0n) is 13.5. The highest BCUT2D eigenvalue weighted by Gasteiger charge is 2.39. The number of aliphatic carboxylic acids is 1. The summed E-state index contributed by atoms with van der Waals surface area (Å²) in [4.78, 5) is 14.3. The Morgan fingerprint density at radius 3 is 1.90 bits per heavy atom. The molecule has 1 N–H and O–H groups in total. The maximum absolute atomic E-state index is 11.9. The molecule has 20 heavy (non-hydrogen) atoms. The molecule has 1 fully saturated rings. The van der Waals surface area contributed by atoms with Gasteiger partial charge in [-0.15, -0.1) is 0 Å². The van der Waals surface area contributed by atoms with Gasteiger partial charge in [-0.25, -0.2) is 0 Å². The van der Waals surface area contributed by atoms with Crippen molar-refractivity contribution in [3.8, 4) is 0 Å². The zero-order chi connectivity index (χ0) is 14.8. The molecule has 3 heteroatoms. The second-order valence-corrected chi connectivity index (χ2v) is 6.48. The molecule has 1 aliphatic carbocycles. The number of rotatable bonds is 9. The van der Waals surface area contributed by atoms with Crippen LogP contribution in [0.1, 0.15) is 78.1 Å². The summed E-state index contributed by atoms with van der Waals surface area (Å²) >= 11 is 0. The van der Waals surface area contributed by atoms with Crippen molar-refractivity contribution in [2.75, 3.05) is 19.6 Å². The Morgan fingerprint density at radius 1 is 1.00 bits per heavy atom. The van der Waals surface area contributed by atoms with Gasteiger partial charge in [0.1, 0.15) is 0 Å². The van der Waals surface area contributed by atoms with Gasteiger partial charge in [-0.2, -0.15) is 0 Å². The summed E-state index contributed by atoms with van der Waals surface area (Å²) in [7, 11) is 0. The topological polar surface area (TPSA) is 40.5 Å². The van der Waals surface area contributed by atoms with E-state index < -0.39 is 11.4 Å². The molecule has 0 bridgehead atoms. The third-order valence-electron chi connectivity index (χ3n) is 4.70. The highest BCUT2D eigenvalue weighted by Crippen LogP contribution is 2.36. The van der Waals surface area contributed by atoms with E-state index in [0.29, 0.717) is 0 Å². The first-order chi connectivity index (χ1) is 9.64. The molecule has 1 saturated carbocycles. The molecular weight excluding hydrogens is 250 g/mol. The molecule has 0 aromatic carbocycles. The summed E-state index contributed by atoms with van der Waals surface area (Å²) < 4.78 is 0. The largest absolute Gasteiger partial charge is 0.481 e. The maximum Gasteiger partial charge on any atom is 0.310 e. The van der Waals surface area contributed by atoms with Crippen LogP contribution in [0.3, 0.4) is 0 Å². The van der Waals surface area contributed by atoms with Gasteiger partial charge in [-0.1, -0.05) is 52.4 Å². The van der Waals surface area contributed by atoms with Gasteiger partial charge in [0, 0.05) is 6.54 Å². The van der Waals surface area contributed by atoms with Crippen LogP contribution in [0.2, 0.25) is 0 Å². The van der Waals surface area contributed by atoms with E-state index >= 15 is 0 Å². The average molecular weight is 283 g/mol. The van der Waals surface area contributed by atoms with Crippen LogP contribution in [0.5, 0.6) is 0 Å². The molecule has 0 atom stereocenters. The molecule has 0 saturated heterocycles. The summed E-state index contributed by atoms with van der Waals surface area (Å²) in [6.07, 6.45) is 11.1. The van der Waals surface area contributed by atoms with Crippen LogP contribution in [0, 0.1) is 5.41 Å². The summed E-state index contributed by atoms with van der Waals surface area (Å²) in [5.74, 6) is -0.558. The Hall–Kier alpha value is -0.570. The highest BCUT2D eigenvalue weighted by atomic mass is 16.4. The number of unbranched alkanes of at least 4 members (excludes halogenated alkanes) is 2. The Balaban J connectivity index is 2.69. The van der Waals surface area contributed by atoms with Crippen molar-refractivity contribution in [2.45, 2.75) is 78.1 Å². The lowest BCUT2D eigenvalue weighted by Crippen LogP contribution is -2.43. The summed E-state index contributed by atoms with van der Waals surface area (Å²) in [5.41, 5.74) is -0.474. The lowest BCUT2D eigenvalue weighted by molar-refractivity contribution is -0.151. The van der Waals surface area contributed by atoms with E-state index in [1.807, 2.05) is 0 Å². The third kappa shape index (κ3) is 5.43. The number of carboxylic acids is 1. The van der Waals surface area contributed by atoms with Crippen LogP contribution < -0.4 is 0 Å². The third-order valence-corrected chi connectivity index (χ3v) is 4.70. The molecule has 0 aromatic rings. The van der Waals surface area contributed by atoms with Crippen molar-refractivity contribution < 1.29 is 9.90 Å². The fraction of sp³-hybridized carbons (Fsp3) is 0.941. The van der Waals surface area contributed by atoms with Gasteiger partial charge in [0.25, 0.3) is 0 Å². The van der Waals surface area contributed by atoms with Crippen LogP contribution in [-0.2, 0) is 4.79 Å². The maximum atomic E-state index is 11.9. The quantitative estimate of drug-likeness (QED) is 0.641. The van der Waals surface area contributed by atoms with E-state index in [9.17, 15) is 9.90 Å². The highest BCUT2D eigenvalue weighted by molar-refractivity contribution is 5.75. The van der Waals surface area contributed by atoms with Crippen molar-refractivity contribution in [1.29, 1.82) is 0 Å². The lowest BCUT2D eigenvalue weighted by atomic mass is 9.79. The van der Waals surface area contributed by atoms with E-state index in [1.54, 1.807) is 0 Å². The fourth-order valence-corrected chi connectivity index (χ4v) is 3.31. The van der Waals surface area contributed by atoms with Crippen LogP contribution in [-0.4, -0.2) is 35.6 Å².